The first-order valence-corrected chi connectivity index (χ1v) is 31.9. The fraction of sp³-hybridized carbons (Fsp3) is 0.779. The molecule has 74 heavy (non-hydrogen) atoms. The van der Waals surface area contributed by atoms with Crippen LogP contribution in [-0.2, 0) is 28.6 Å². The van der Waals surface area contributed by atoms with Crippen LogP contribution in [0.1, 0.15) is 323 Å². The largest absolute Gasteiger partial charge is 0.462 e. The van der Waals surface area contributed by atoms with Crippen molar-refractivity contribution >= 4 is 17.9 Å². The third-order valence-corrected chi connectivity index (χ3v) is 13.9. The van der Waals surface area contributed by atoms with Crippen LogP contribution in [0, 0.1) is 0 Å². The molecule has 0 radical (unpaired) electrons. The van der Waals surface area contributed by atoms with E-state index in [2.05, 4.69) is 93.7 Å². The van der Waals surface area contributed by atoms with Gasteiger partial charge in [0.2, 0.25) is 0 Å². The molecule has 0 N–H and O–H groups in total. The Morgan fingerprint density at radius 2 is 0.486 bits per heavy atom. The predicted octanol–water partition coefficient (Wildman–Crippen LogP) is 21.7. The molecule has 0 rings (SSSR count). The van der Waals surface area contributed by atoms with E-state index in [4.69, 9.17) is 14.2 Å². The molecule has 1 unspecified atom stereocenters. The van der Waals surface area contributed by atoms with Crippen LogP contribution in [0.5, 0.6) is 0 Å². The van der Waals surface area contributed by atoms with Gasteiger partial charge in [0.1, 0.15) is 13.2 Å². The third kappa shape index (κ3) is 59.7. The van der Waals surface area contributed by atoms with Crippen molar-refractivity contribution < 1.29 is 28.6 Å². The lowest BCUT2D eigenvalue weighted by atomic mass is 10.0. The zero-order valence-electron chi connectivity index (χ0n) is 49.1. The number of hydrogen-bond donors (Lipinski definition) is 0. The van der Waals surface area contributed by atoms with E-state index in [1.54, 1.807) is 0 Å². The summed E-state index contributed by atoms with van der Waals surface area (Å²) in [5.41, 5.74) is 0. The van der Waals surface area contributed by atoms with Gasteiger partial charge in [0.05, 0.1) is 0 Å². The Morgan fingerprint density at radius 3 is 0.784 bits per heavy atom. The lowest BCUT2D eigenvalue weighted by Crippen LogP contribution is -2.30. The second-order valence-electron chi connectivity index (χ2n) is 21.3. The summed E-state index contributed by atoms with van der Waals surface area (Å²) in [5, 5.41) is 0. The van der Waals surface area contributed by atoms with Crippen molar-refractivity contribution in [3.05, 3.63) is 72.9 Å². The van der Waals surface area contributed by atoms with Crippen LogP contribution in [0.15, 0.2) is 72.9 Å². The molecule has 0 aliphatic carbocycles. The lowest BCUT2D eigenvalue weighted by Gasteiger charge is -2.18. The summed E-state index contributed by atoms with van der Waals surface area (Å²) < 4.78 is 16.9. The second-order valence-corrected chi connectivity index (χ2v) is 21.3. The molecule has 0 spiro atoms. The normalized spacial score (nSPS) is 12.5. The summed E-state index contributed by atoms with van der Waals surface area (Å²) in [6.45, 7) is 6.62. The van der Waals surface area contributed by atoms with Gasteiger partial charge >= 0.3 is 17.9 Å². The molecular weight excluding hydrogens is 913 g/mol. The monoisotopic (exact) mass is 1030 g/mol. The molecule has 6 nitrogen and oxygen atoms in total. The molecule has 0 fully saturated rings. The van der Waals surface area contributed by atoms with Gasteiger partial charge in [-0.15, -0.1) is 0 Å². The van der Waals surface area contributed by atoms with Crippen LogP contribution >= 0.6 is 0 Å². The Balaban J connectivity index is 4.37. The molecule has 0 saturated carbocycles. The average Bonchev–Trinajstić information content (AvgIpc) is 3.40. The molecule has 6 heteroatoms. The Bertz CT molecular complexity index is 1370. The molecule has 0 saturated heterocycles. The van der Waals surface area contributed by atoms with Crippen molar-refractivity contribution in [2.75, 3.05) is 13.2 Å². The maximum absolute atomic E-state index is 12.9. The lowest BCUT2D eigenvalue weighted by molar-refractivity contribution is -0.167. The number of hydrogen-bond acceptors (Lipinski definition) is 6. The minimum Gasteiger partial charge on any atom is -0.462 e. The van der Waals surface area contributed by atoms with Crippen molar-refractivity contribution in [2.24, 2.45) is 0 Å². The molecule has 0 aliphatic heterocycles. The van der Waals surface area contributed by atoms with Crippen LogP contribution in [0.4, 0.5) is 0 Å². The molecule has 0 heterocycles. The highest BCUT2D eigenvalue weighted by molar-refractivity contribution is 5.71. The van der Waals surface area contributed by atoms with Gasteiger partial charge in [0.25, 0.3) is 0 Å². The van der Waals surface area contributed by atoms with E-state index in [0.717, 1.165) is 103 Å². The molecule has 0 aromatic rings. The van der Waals surface area contributed by atoms with Crippen LogP contribution in [0.3, 0.4) is 0 Å². The van der Waals surface area contributed by atoms with Crippen molar-refractivity contribution in [3.8, 4) is 0 Å². The van der Waals surface area contributed by atoms with Gasteiger partial charge in [-0.1, -0.05) is 280 Å². The summed E-state index contributed by atoms with van der Waals surface area (Å²) in [5.74, 6) is -0.886. The van der Waals surface area contributed by atoms with Gasteiger partial charge in [0, 0.05) is 19.3 Å². The van der Waals surface area contributed by atoms with E-state index in [9.17, 15) is 14.4 Å². The maximum Gasteiger partial charge on any atom is 0.306 e. The molecule has 428 valence electrons. The maximum atomic E-state index is 12.9. The van der Waals surface area contributed by atoms with E-state index in [-0.39, 0.29) is 31.1 Å². The number of esters is 3. The summed E-state index contributed by atoms with van der Waals surface area (Å²) >= 11 is 0. The van der Waals surface area contributed by atoms with E-state index in [1.807, 2.05) is 0 Å². The Labute approximate surface area is 459 Å². The minimum atomic E-state index is -0.785. The van der Waals surface area contributed by atoms with Crippen molar-refractivity contribution in [2.45, 2.75) is 329 Å². The first kappa shape index (κ1) is 70.8. The highest BCUT2D eigenvalue weighted by atomic mass is 16.6. The van der Waals surface area contributed by atoms with Gasteiger partial charge < -0.3 is 14.2 Å². The predicted molar refractivity (Wildman–Crippen MR) is 321 cm³/mol. The Hall–Kier alpha value is -3.15. The van der Waals surface area contributed by atoms with Crippen LogP contribution in [-0.4, -0.2) is 37.2 Å². The average molecular weight is 1030 g/mol. The standard InChI is InChI=1S/C68H120O6/c1-4-7-10-13-16-19-22-25-28-30-32-33-34-35-37-38-40-43-46-49-52-55-58-61-67(70)73-64-65(63-72-66(69)60-57-54-51-48-45-42-27-24-21-18-15-12-9-6-3)74-68(71)62-59-56-53-50-47-44-41-39-36-31-29-26-23-20-17-14-11-8-5-2/h17,20,22,25-26,29-30,32,34-36,39,65H,4-16,18-19,21,23-24,27-28,31,33,37-38,40-64H2,1-3H3/b20-17-,25-22-,29-26-,32-30-,35-34-,39-36-. The molecular formula is C68H120O6. The number of carbonyl (C=O) groups excluding carboxylic acids is 3. The molecule has 0 amide bonds. The van der Waals surface area contributed by atoms with E-state index >= 15 is 0 Å². The fourth-order valence-electron chi connectivity index (χ4n) is 9.11. The van der Waals surface area contributed by atoms with Gasteiger partial charge in [-0.05, 0) is 96.3 Å². The molecule has 0 aromatic carbocycles. The second kappa shape index (κ2) is 62.4. The SMILES string of the molecule is CCCCC/C=C\C/C=C\C/C=C\CCCCCCCCC(=O)OC(COC(=O)CCCCCCCCCC/C=C\C/C=C\C/C=C\CCCCCCC)COC(=O)CCCCCCCCCCCCCCCC. The van der Waals surface area contributed by atoms with Crippen molar-refractivity contribution in [1.29, 1.82) is 0 Å². The number of ether oxygens (including phenoxy) is 3. The first-order chi connectivity index (χ1) is 36.5. The van der Waals surface area contributed by atoms with E-state index in [0.29, 0.717) is 19.3 Å². The first-order valence-electron chi connectivity index (χ1n) is 31.9. The van der Waals surface area contributed by atoms with Crippen LogP contribution in [0.2, 0.25) is 0 Å². The quantitative estimate of drug-likeness (QED) is 0.0261. The van der Waals surface area contributed by atoms with Gasteiger partial charge in [-0.3, -0.25) is 14.4 Å². The molecule has 0 aliphatic rings. The van der Waals surface area contributed by atoms with Crippen LogP contribution < -0.4 is 0 Å². The highest BCUT2D eigenvalue weighted by Gasteiger charge is 2.19. The van der Waals surface area contributed by atoms with Crippen molar-refractivity contribution in [1.82, 2.24) is 0 Å². The third-order valence-electron chi connectivity index (χ3n) is 13.9. The summed E-state index contributed by atoms with van der Waals surface area (Å²) in [7, 11) is 0. The van der Waals surface area contributed by atoms with Crippen LogP contribution in [0.25, 0.3) is 0 Å². The topological polar surface area (TPSA) is 78.9 Å². The zero-order valence-corrected chi connectivity index (χ0v) is 49.1. The van der Waals surface area contributed by atoms with Crippen molar-refractivity contribution in [3.63, 3.8) is 0 Å². The number of rotatable bonds is 58. The highest BCUT2D eigenvalue weighted by Crippen LogP contribution is 2.16. The van der Waals surface area contributed by atoms with Gasteiger partial charge in [0.15, 0.2) is 6.10 Å². The zero-order chi connectivity index (χ0) is 53.6. The van der Waals surface area contributed by atoms with Gasteiger partial charge in [-0.25, -0.2) is 0 Å². The van der Waals surface area contributed by atoms with Gasteiger partial charge in [-0.2, -0.15) is 0 Å². The molecule has 0 bridgehead atoms. The summed E-state index contributed by atoms with van der Waals surface area (Å²) in [6.07, 6.45) is 80.4. The molecule has 1 atom stereocenters. The summed E-state index contributed by atoms with van der Waals surface area (Å²) in [4.78, 5) is 38.3. The Kier molecular flexibility index (Phi) is 59.7. The van der Waals surface area contributed by atoms with E-state index < -0.39 is 6.10 Å². The summed E-state index contributed by atoms with van der Waals surface area (Å²) in [6, 6.07) is 0. The number of unbranched alkanes of at least 4 members (excludes halogenated alkanes) is 35. The van der Waals surface area contributed by atoms with E-state index in [1.165, 1.54) is 180 Å². The molecule has 0 aromatic heterocycles. The number of carbonyl (C=O) groups is 3. The minimum absolute atomic E-state index is 0.0806. The smallest absolute Gasteiger partial charge is 0.306 e. The number of allylic oxidation sites excluding steroid dienone is 12. The Morgan fingerprint density at radius 1 is 0.270 bits per heavy atom. The fourth-order valence-corrected chi connectivity index (χ4v) is 9.11.